The molecule has 0 fully saturated rings. The lowest BCUT2D eigenvalue weighted by atomic mass is 10.1. The van der Waals surface area contributed by atoms with Crippen molar-refractivity contribution in [2.24, 2.45) is 0 Å². The highest BCUT2D eigenvalue weighted by molar-refractivity contribution is 5.85. The van der Waals surface area contributed by atoms with Crippen molar-refractivity contribution in [1.82, 2.24) is 19.5 Å². The first-order valence-electron chi connectivity index (χ1n) is 9.70. The molecular formula is C24H22N4O. The largest absolute Gasteiger partial charge is 0.507 e. The molecule has 5 rings (SSSR count). The van der Waals surface area contributed by atoms with E-state index in [-0.39, 0.29) is 5.75 Å². The van der Waals surface area contributed by atoms with Gasteiger partial charge in [-0.05, 0) is 42.5 Å². The quantitative estimate of drug-likeness (QED) is 0.422. The molecule has 3 heterocycles. The van der Waals surface area contributed by atoms with Crippen LogP contribution in [0.1, 0.15) is 20.3 Å². The molecule has 1 N–H and O–H groups in total. The van der Waals surface area contributed by atoms with Crippen molar-refractivity contribution in [3.05, 3.63) is 79.1 Å². The van der Waals surface area contributed by atoms with E-state index in [1.807, 2.05) is 59.2 Å². The number of aromatic nitrogens is 4. The molecule has 29 heavy (non-hydrogen) atoms. The molecule has 0 amide bonds. The summed E-state index contributed by atoms with van der Waals surface area (Å²) in [6.07, 6.45) is 4.77. The highest BCUT2D eigenvalue weighted by atomic mass is 16.3. The Morgan fingerprint density at radius 1 is 0.828 bits per heavy atom. The summed E-state index contributed by atoms with van der Waals surface area (Å²) in [7, 11) is 0. The summed E-state index contributed by atoms with van der Waals surface area (Å²) in [5.41, 5.74) is 3.96. The molecule has 0 saturated carbocycles. The fourth-order valence-corrected chi connectivity index (χ4v) is 3.19. The maximum atomic E-state index is 10.3. The molecule has 0 radical (unpaired) electrons. The highest BCUT2D eigenvalue weighted by Gasteiger charge is 2.17. The van der Waals surface area contributed by atoms with E-state index in [1.165, 1.54) is 6.42 Å². The SMILES string of the molecule is CCC.Oc1ccccc1-c1nc2cccnc2n1-c1ccc2cccnc2c1. The van der Waals surface area contributed by atoms with Gasteiger partial charge < -0.3 is 5.11 Å². The summed E-state index contributed by atoms with van der Waals surface area (Å²) in [6.45, 7) is 4.25. The van der Waals surface area contributed by atoms with E-state index in [2.05, 4.69) is 23.8 Å². The zero-order chi connectivity index (χ0) is 20.2. The van der Waals surface area contributed by atoms with Crippen LogP contribution in [0.4, 0.5) is 0 Å². The summed E-state index contributed by atoms with van der Waals surface area (Å²) in [6, 6.07) is 21.0. The number of benzene rings is 2. The molecule has 0 atom stereocenters. The minimum atomic E-state index is 0.183. The number of imidazole rings is 1. The van der Waals surface area contributed by atoms with Gasteiger partial charge in [0.15, 0.2) is 11.5 Å². The topological polar surface area (TPSA) is 63.8 Å². The maximum absolute atomic E-state index is 10.3. The Labute approximate surface area is 169 Å². The van der Waals surface area contributed by atoms with E-state index < -0.39 is 0 Å². The third-order valence-electron chi connectivity index (χ3n) is 4.41. The van der Waals surface area contributed by atoms with E-state index in [4.69, 9.17) is 4.98 Å². The highest BCUT2D eigenvalue weighted by Crippen LogP contribution is 2.33. The molecule has 0 spiro atoms. The van der Waals surface area contributed by atoms with Crippen molar-refractivity contribution in [2.75, 3.05) is 0 Å². The summed E-state index contributed by atoms with van der Waals surface area (Å²) in [5, 5.41) is 11.4. The number of aromatic hydroxyl groups is 1. The van der Waals surface area contributed by atoms with Crippen molar-refractivity contribution in [2.45, 2.75) is 20.3 Å². The lowest BCUT2D eigenvalue weighted by Gasteiger charge is -2.10. The van der Waals surface area contributed by atoms with Crippen LogP contribution in [0.5, 0.6) is 5.75 Å². The summed E-state index contributed by atoms with van der Waals surface area (Å²) in [5.74, 6) is 0.829. The molecule has 0 aliphatic rings. The van der Waals surface area contributed by atoms with Crippen LogP contribution in [0, 0.1) is 0 Å². The molecule has 5 heteroatoms. The van der Waals surface area contributed by atoms with Gasteiger partial charge >= 0.3 is 0 Å². The number of pyridine rings is 2. The van der Waals surface area contributed by atoms with Gasteiger partial charge in [0.05, 0.1) is 16.8 Å². The number of nitrogens with zero attached hydrogens (tertiary/aromatic N) is 4. The van der Waals surface area contributed by atoms with Gasteiger partial charge in [-0.3, -0.25) is 9.55 Å². The van der Waals surface area contributed by atoms with Crippen LogP contribution in [0.3, 0.4) is 0 Å². The van der Waals surface area contributed by atoms with Crippen LogP contribution >= 0.6 is 0 Å². The van der Waals surface area contributed by atoms with Crippen LogP contribution in [0.2, 0.25) is 0 Å². The van der Waals surface area contributed by atoms with E-state index in [0.29, 0.717) is 11.4 Å². The van der Waals surface area contributed by atoms with Crippen LogP contribution in [0.25, 0.3) is 39.1 Å². The number of hydrogen-bond acceptors (Lipinski definition) is 4. The average molecular weight is 382 g/mol. The molecule has 2 aromatic carbocycles. The van der Waals surface area contributed by atoms with Gasteiger partial charge in [0.1, 0.15) is 11.3 Å². The first-order chi connectivity index (χ1) is 14.2. The molecule has 144 valence electrons. The number of fused-ring (bicyclic) bond motifs is 2. The molecule has 5 nitrogen and oxygen atoms in total. The van der Waals surface area contributed by atoms with Gasteiger partial charge in [-0.15, -0.1) is 0 Å². The van der Waals surface area contributed by atoms with E-state index in [1.54, 1.807) is 24.5 Å². The predicted molar refractivity (Wildman–Crippen MR) is 117 cm³/mol. The Hall–Kier alpha value is -3.73. The lowest BCUT2D eigenvalue weighted by molar-refractivity contribution is 0.477. The lowest BCUT2D eigenvalue weighted by Crippen LogP contribution is -1.99. The van der Waals surface area contributed by atoms with Crippen molar-refractivity contribution in [1.29, 1.82) is 0 Å². The summed E-state index contributed by atoms with van der Waals surface area (Å²) >= 11 is 0. The molecule has 5 aromatic rings. The van der Waals surface area contributed by atoms with E-state index in [0.717, 1.165) is 27.8 Å². The second-order valence-corrected chi connectivity index (χ2v) is 6.72. The van der Waals surface area contributed by atoms with Gasteiger partial charge in [-0.25, -0.2) is 9.97 Å². The number of rotatable bonds is 2. The molecular weight excluding hydrogens is 360 g/mol. The van der Waals surface area contributed by atoms with Crippen LogP contribution in [-0.2, 0) is 0 Å². The Morgan fingerprint density at radius 2 is 1.59 bits per heavy atom. The zero-order valence-electron chi connectivity index (χ0n) is 16.4. The van der Waals surface area contributed by atoms with E-state index in [9.17, 15) is 5.11 Å². The number of phenols is 1. The predicted octanol–water partition coefficient (Wildman–Crippen LogP) is 5.76. The summed E-state index contributed by atoms with van der Waals surface area (Å²) < 4.78 is 1.96. The van der Waals surface area contributed by atoms with Gasteiger partial charge in [0, 0.05) is 17.8 Å². The Bertz CT molecular complexity index is 1280. The molecule has 0 saturated heterocycles. The molecule has 0 aliphatic carbocycles. The third-order valence-corrected chi connectivity index (χ3v) is 4.41. The van der Waals surface area contributed by atoms with Crippen molar-refractivity contribution in [3.63, 3.8) is 0 Å². The fraction of sp³-hybridized carbons (Fsp3) is 0.125. The minimum absolute atomic E-state index is 0.183. The maximum Gasteiger partial charge on any atom is 0.164 e. The van der Waals surface area contributed by atoms with Crippen molar-refractivity contribution >= 4 is 22.1 Å². The minimum Gasteiger partial charge on any atom is -0.507 e. The van der Waals surface area contributed by atoms with Crippen molar-refractivity contribution < 1.29 is 5.11 Å². The second-order valence-electron chi connectivity index (χ2n) is 6.72. The first kappa shape index (κ1) is 18.6. The van der Waals surface area contributed by atoms with Gasteiger partial charge in [-0.1, -0.05) is 44.5 Å². The number of hydrogen-bond donors (Lipinski definition) is 1. The smallest absolute Gasteiger partial charge is 0.164 e. The monoisotopic (exact) mass is 382 g/mol. The van der Waals surface area contributed by atoms with Crippen LogP contribution < -0.4 is 0 Å². The number of para-hydroxylation sites is 1. The van der Waals surface area contributed by atoms with Gasteiger partial charge in [0.2, 0.25) is 0 Å². The third kappa shape index (κ3) is 3.55. The fourth-order valence-electron chi connectivity index (χ4n) is 3.19. The standard InChI is InChI=1S/C21H14N4O.C3H8/c26-19-8-2-1-6-16(19)20-24-17-7-4-12-23-21(17)25(20)15-10-9-14-5-3-11-22-18(14)13-15;1-3-2/h1-13,26H;3H2,1-2H3. The normalized spacial score (nSPS) is 10.7. The van der Waals surface area contributed by atoms with E-state index >= 15 is 0 Å². The Kier molecular flexibility index (Phi) is 5.20. The summed E-state index contributed by atoms with van der Waals surface area (Å²) in [4.78, 5) is 13.7. The molecule has 0 bridgehead atoms. The Balaban J connectivity index is 0.000000645. The van der Waals surface area contributed by atoms with Crippen LogP contribution in [0.15, 0.2) is 79.1 Å². The number of phenolic OH excluding ortho intramolecular Hbond substituents is 1. The van der Waals surface area contributed by atoms with Gasteiger partial charge in [-0.2, -0.15) is 0 Å². The first-order valence-corrected chi connectivity index (χ1v) is 9.70. The zero-order valence-corrected chi connectivity index (χ0v) is 16.4. The Morgan fingerprint density at radius 3 is 2.41 bits per heavy atom. The molecule has 0 unspecified atom stereocenters. The molecule has 0 aliphatic heterocycles. The second kappa shape index (κ2) is 8.10. The van der Waals surface area contributed by atoms with Crippen LogP contribution in [-0.4, -0.2) is 24.6 Å². The molecule has 3 aromatic heterocycles. The van der Waals surface area contributed by atoms with Crippen molar-refractivity contribution in [3.8, 4) is 22.8 Å². The van der Waals surface area contributed by atoms with Gasteiger partial charge in [0.25, 0.3) is 0 Å². The average Bonchev–Trinajstić information content (AvgIpc) is 3.13.